The van der Waals surface area contributed by atoms with Gasteiger partial charge in [-0.2, -0.15) is 0 Å². The van der Waals surface area contributed by atoms with E-state index < -0.39 is 23.9 Å². The van der Waals surface area contributed by atoms with Gasteiger partial charge in [0.05, 0.1) is 31.2 Å². The van der Waals surface area contributed by atoms with E-state index in [1.165, 1.54) is 0 Å². The molecule has 6 atom stereocenters. The third-order valence-electron chi connectivity index (χ3n) is 6.86. The molecule has 3 fully saturated rings. The van der Waals surface area contributed by atoms with Crippen molar-refractivity contribution in [3.05, 3.63) is 28.1 Å². The smallest absolute Gasteiger partial charge is 0.303 e. The van der Waals surface area contributed by atoms with E-state index >= 15 is 0 Å². The first-order valence-electron chi connectivity index (χ1n) is 12.3. The molecule has 1 aromatic heterocycles. The summed E-state index contributed by atoms with van der Waals surface area (Å²) in [5.41, 5.74) is 1.03. The van der Waals surface area contributed by atoms with E-state index in [0.29, 0.717) is 25.4 Å². The van der Waals surface area contributed by atoms with Gasteiger partial charge in [-0.1, -0.05) is 13.0 Å². The molecule has 1 saturated carbocycles. The van der Waals surface area contributed by atoms with Crippen molar-refractivity contribution in [2.24, 2.45) is 11.8 Å². The molecular formula is C25H36O7S. The molecule has 0 bridgehead atoms. The van der Waals surface area contributed by atoms with Crippen LogP contribution in [0.3, 0.4) is 0 Å². The number of hydrogen-bond donors (Lipinski definition) is 2. The highest BCUT2D eigenvalue weighted by Gasteiger charge is 2.49. The highest BCUT2D eigenvalue weighted by atomic mass is 32.1. The molecule has 0 amide bonds. The molecule has 2 saturated heterocycles. The number of aliphatic carboxylic acids is 1. The van der Waals surface area contributed by atoms with Gasteiger partial charge in [0.1, 0.15) is 5.76 Å². The number of carboxylic acids is 1. The van der Waals surface area contributed by atoms with Gasteiger partial charge in [-0.15, -0.1) is 11.3 Å². The standard InChI is InChI=1S/C25H36O7S/c1-2-17(19-8-7-13-33-19)25(32-22-10-4-6-12-30-22)23-18(31-21-9-3-5-11-29-21)14-16(24(23)28)15-20(26)27/h7-8,13,16,18,21-24,28H,2-6,9-12,14-15H2,1H3,(H,26,27)/t16-,18-,21?,22+,23+,24+/m0/s1. The topological polar surface area (TPSA) is 94.5 Å². The second kappa shape index (κ2) is 11.8. The van der Waals surface area contributed by atoms with Crippen LogP contribution in [0.2, 0.25) is 0 Å². The van der Waals surface area contributed by atoms with Crippen molar-refractivity contribution in [2.75, 3.05) is 13.2 Å². The van der Waals surface area contributed by atoms with Crippen LogP contribution in [0.4, 0.5) is 0 Å². The number of aliphatic hydroxyl groups is 1. The van der Waals surface area contributed by atoms with Gasteiger partial charge in [-0.25, -0.2) is 0 Å². The van der Waals surface area contributed by atoms with Crippen molar-refractivity contribution in [3.8, 4) is 0 Å². The first-order chi connectivity index (χ1) is 16.1. The normalized spacial score (nSPS) is 33.5. The van der Waals surface area contributed by atoms with Gasteiger partial charge in [-0.05, 0) is 62.3 Å². The summed E-state index contributed by atoms with van der Waals surface area (Å²) in [5, 5.41) is 22.9. The maximum Gasteiger partial charge on any atom is 0.303 e. The van der Waals surface area contributed by atoms with Crippen molar-refractivity contribution < 1.29 is 34.0 Å². The summed E-state index contributed by atoms with van der Waals surface area (Å²) in [4.78, 5) is 12.6. The lowest BCUT2D eigenvalue weighted by molar-refractivity contribution is -0.202. The molecule has 0 radical (unpaired) electrons. The maximum atomic E-state index is 11.5. The van der Waals surface area contributed by atoms with E-state index in [-0.39, 0.29) is 25.1 Å². The Morgan fingerprint density at radius 2 is 1.88 bits per heavy atom. The van der Waals surface area contributed by atoms with E-state index in [4.69, 9.17) is 18.9 Å². The zero-order valence-corrected chi connectivity index (χ0v) is 20.1. The van der Waals surface area contributed by atoms with Crippen LogP contribution in [0.15, 0.2) is 23.3 Å². The maximum absolute atomic E-state index is 11.5. The number of carbonyl (C=O) groups is 1. The fourth-order valence-corrected chi connectivity index (χ4v) is 6.07. The number of allylic oxidation sites excluding steroid dienone is 1. The van der Waals surface area contributed by atoms with Crippen LogP contribution in [0.1, 0.15) is 69.6 Å². The minimum absolute atomic E-state index is 0.100. The van der Waals surface area contributed by atoms with E-state index in [0.717, 1.165) is 55.4 Å². The summed E-state index contributed by atoms with van der Waals surface area (Å²) < 4.78 is 24.7. The minimum Gasteiger partial charge on any atom is -0.481 e. The molecular weight excluding hydrogens is 444 g/mol. The average Bonchev–Trinajstić information content (AvgIpc) is 3.44. The zero-order chi connectivity index (χ0) is 23.2. The van der Waals surface area contributed by atoms with Crippen molar-refractivity contribution in [2.45, 2.75) is 89.5 Å². The summed E-state index contributed by atoms with van der Waals surface area (Å²) in [7, 11) is 0. The Bertz CT molecular complexity index is 781. The second-order valence-electron chi connectivity index (χ2n) is 9.17. The molecule has 0 aromatic carbocycles. The van der Waals surface area contributed by atoms with Gasteiger partial charge >= 0.3 is 5.97 Å². The molecule has 33 heavy (non-hydrogen) atoms. The number of hydrogen-bond acceptors (Lipinski definition) is 7. The van der Waals surface area contributed by atoms with Gasteiger partial charge in [0.15, 0.2) is 12.6 Å². The molecule has 2 aliphatic heterocycles. The van der Waals surface area contributed by atoms with Crippen LogP contribution in [-0.2, 0) is 23.7 Å². The SMILES string of the molecule is CCC(=C(O[C@@H]1CCCCO1)[C@H]1[C@H](O)[C@H](CC(=O)O)C[C@@H]1OC1CCCCO1)c1cccs1. The number of ether oxygens (including phenoxy) is 4. The molecule has 7 nitrogen and oxygen atoms in total. The monoisotopic (exact) mass is 480 g/mol. The number of carboxylic acid groups (broad SMARTS) is 1. The Balaban J connectivity index is 1.68. The van der Waals surface area contributed by atoms with Crippen LogP contribution in [-0.4, -0.2) is 54.2 Å². The Morgan fingerprint density at radius 3 is 2.45 bits per heavy atom. The summed E-state index contributed by atoms with van der Waals surface area (Å²) >= 11 is 1.63. The molecule has 1 aromatic rings. The van der Waals surface area contributed by atoms with E-state index in [2.05, 4.69) is 13.0 Å². The fourth-order valence-electron chi connectivity index (χ4n) is 5.22. The van der Waals surface area contributed by atoms with Crippen LogP contribution in [0.5, 0.6) is 0 Å². The van der Waals surface area contributed by atoms with Crippen molar-refractivity contribution in [3.63, 3.8) is 0 Å². The Hall–Kier alpha value is -1.45. The molecule has 1 aliphatic carbocycles. The van der Waals surface area contributed by atoms with Gasteiger partial charge in [0, 0.05) is 23.5 Å². The summed E-state index contributed by atoms with van der Waals surface area (Å²) in [6.45, 7) is 3.40. The van der Waals surface area contributed by atoms with E-state index in [9.17, 15) is 15.0 Å². The predicted octanol–water partition coefficient (Wildman–Crippen LogP) is 4.80. The highest BCUT2D eigenvalue weighted by molar-refractivity contribution is 7.11. The van der Waals surface area contributed by atoms with Crippen molar-refractivity contribution >= 4 is 22.9 Å². The largest absolute Gasteiger partial charge is 0.481 e. The number of thiophene rings is 1. The Kier molecular flexibility index (Phi) is 8.82. The van der Waals surface area contributed by atoms with Crippen LogP contribution in [0, 0.1) is 11.8 Å². The van der Waals surface area contributed by atoms with Crippen LogP contribution < -0.4 is 0 Å². The average molecular weight is 481 g/mol. The van der Waals surface area contributed by atoms with Gasteiger partial charge < -0.3 is 29.2 Å². The Labute approximate surface area is 199 Å². The fraction of sp³-hybridized carbons (Fsp3) is 0.720. The summed E-state index contributed by atoms with van der Waals surface area (Å²) in [6.07, 6.45) is 4.82. The highest BCUT2D eigenvalue weighted by Crippen LogP contribution is 2.45. The van der Waals surface area contributed by atoms with Crippen molar-refractivity contribution in [1.82, 2.24) is 0 Å². The first kappa shape index (κ1) is 24.7. The molecule has 8 heteroatoms. The molecule has 3 aliphatic rings. The van der Waals surface area contributed by atoms with Gasteiger partial charge in [0.25, 0.3) is 0 Å². The van der Waals surface area contributed by atoms with Crippen LogP contribution >= 0.6 is 11.3 Å². The number of rotatable bonds is 9. The predicted molar refractivity (Wildman–Crippen MR) is 125 cm³/mol. The summed E-state index contributed by atoms with van der Waals surface area (Å²) in [6, 6.07) is 4.07. The van der Waals surface area contributed by atoms with Gasteiger partial charge in [0.2, 0.25) is 0 Å². The van der Waals surface area contributed by atoms with Crippen LogP contribution in [0.25, 0.3) is 5.57 Å². The Morgan fingerprint density at radius 1 is 1.15 bits per heavy atom. The third-order valence-corrected chi connectivity index (χ3v) is 7.79. The second-order valence-corrected chi connectivity index (χ2v) is 10.1. The minimum atomic E-state index is -0.914. The zero-order valence-electron chi connectivity index (χ0n) is 19.3. The molecule has 184 valence electrons. The first-order valence-corrected chi connectivity index (χ1v) is 13.2. The number of aliphatic hydroxyl groups excluding tert-OH is 1. The lowest BCUT2D eigenvalue weighted by Gasteiger charge is -2.34. The van der Waals surface area contributed by atoms with Gasteiger partial charge in [-0.3, -0.25) is 4.79 Å². The molecule has 3 heterocycles. The van der Waals surface area contributed by atoms with E-state index in [1.807, 2.05) is 11.4 Å². The molecule has 2 N–H and O–H groups in total. The lowest BCUT2D eigenvalue weighted by Crippen LogP contribution is -2.36. The summed E-state index contributed by atoms with van der Waals surface area (Å²) in [5.74, 6) is -1.10. The third kappa shape index (κ3) is 6.17. The van der Waals surface area contributed by atoms with E-state index in [1.54, 1.807) is 11.3 Å². The quantitative estimate of drug-likeness (QED) is 0.491. The molecule has 0 spiro atoms. The van der Waals surface area contributed by atoms with Crippen molar-refractivity contribution in [1.29, 1.82) is 0 Å². The molecule has 1 unspecified atom stereocenters. The molecule has 4 rings (SSSR count). The lowest BCUT2D eigenvalue weighted by atomic mass is 9.92.